The molecule has 2 heterocycles. The van der Waals surface area contributed by atoms with E-state index in [0.29, 0.717) is 22.6 Å². The summed E-state index contributed by atoms with van der Waals surface area (Å²) in [4.78, 5) is 26.7. The van der Waals surface area contributed by atoms with Gasteiger partial charge in [0.25, 0.3) is 5.91 Å². The highest BCUT2D eigenvalue weighted by Gasteiger charge is 2.08. The summed E-state index contributed by atoms with van der Waals surface area (Å²) >= 11 is 0. The lowest BCUT2D eigenvalue weighted by atomic mass is 10.1. The number of benzene rings is 1. The molecule has 124 valence electrons. The van der Waals surface area contributed by atoms with E-state index in [1.807, 2.05) is 0 Å². The van der Waals surface area contributed by atoms with Gasteiger partial charge in [-0.3, -0.25) is 9.78 Å². The molecule has 0 aliphatic rings. The molecule has 7 nitrogen and oxygen atoms in total. The molecule has 0 unspecified atom stereocenters. The van der Waals surface area contributed by atoms with Crippen LogP contribution >= 0.6 is 0 Å². The van der Waals surface area contributed by atoms with Crippen LogP contribution in [0.25, 0.3) is 11.3 Å². The van der Waals surface area contributed by atoms with E-state index >= 15 is 0 Å². The normalized spacial score (nSPS) is 10.7. The minimum absolute atomic E-state index is 0.175. The molecule has 2 N–H and O–H groups in total. The summed E-state index contributed by atoms with van der Waals surface area (Å²) in [6.45, 7) is 0. The first-order valence-electron chi connectivity index (χ1n) is 7.30. The van der Waals surface area contributed by atoms with E-state index in [0.717, 1.165) is 0 Å². The van der Waals surface area contributed by atoms with Crippen molar-refractivity contribution in [3.63, 3.8) is 0 Å². The predicted molar refractivity (Wildman–Crippen MR) is 90.4 cm³/mol. The van der Waals surface area contributed by atoms with Crippen LogP contribution in [0.2, 0.25) is 0 Å². The molecule has 7 heteroatoms. The summed E-state index contributed by atoms with van der Waals surface area (Å²) in [5.41, 5.74) is 3.64. The zero-order valence-corrected chi connectivity index (χ0v) is 12.9. The fourth-order valence-electron chi connectivity index (χ4n) is 2.11. The Bertz CT molecular complexity index is 932. The van der Waals surface area contributed by atoms with Gasteiger partial charge in [0.2, 0.25) is 0 Å². The zero-order valence-electron chi connectivity index (χ0n) is 12.9. The minimum Gasteiger partial charge on any atom is -0.478 e. The van der Waals surface area contributed by atoms with Gasteiger partial charge in [-0.25, -0.2) is 10.2 Å². The van der Waals surface area contributed by atoms with Crippen LogP contribution < -0.4 is 5.43 Å². The number of hydrazone groups is 1. The Hall–Kier alpha value is -3.74. The number of amides is 1. The molecule has 25 heavy (non-hydrogen) atoms. The Balaban J connectivity index is 1.68. The van der Waals surface area contributed by atoms with E-state index in [1.54, 1.807) is 36.4 Å². The van der Waals surface area contributed by atoms with Crippen LogP contribution in [0.1, 0.15) is 26.5 Å². The zero-order chi connectivity index (χ0) is 17.6. The Kier molecular flexibility index (Phi) is 4.66. The van der Waals surface area contributed by atoms with Gasteiger partial charge in [-0.1, -0.05) is 12.1 Å². The summed E-state index contributed by atoms with van der Waals surface area (Å²) in [6, 6.07) is 12.9. The van der Waals surface area contributed by atoms with Gasteiger partial charge >= 0.3 is 5.97 Å². The van der Waals surface area contributed by atoms with Gasteiger partial charge in [-0.2, -0.15) is 5.10 Å². The minimum atomic E-state index is -1.01. The molecule has 0 aliphatic heterocycles. The number of hydrogen-bond acceptors (Lipinski definition) is 5. The fourth-order valence-corrected chi connectivity index (χ4v) is 2.11. The number of carboxylic acids is 1. The molecule has 1 amide bonds. The quantitative estimate of drug-likeness (QED) is 0.551. The number of carbonyl (C=O) groups excluding carboxylic acids is 1. The molecule has 3 aromatic rings. The smallest absolute Gasteiger partial charge is 0.335 e. The highest BCUT2D eigenvalue weighted by atomic mass is 16.4. The second-order valence-corrected chi connectivity index (χ2v) is 5.02. The highest BCUT2D eigenvalue weighted by Crippen LogP contribution is 2.22. The molecule has 0 saturated carbocycles. The third-order valence-electron chi connectivity index (χ3n) is 3.32. The Labute approximate surface area is 142 Å². The summed E-state index contributed by atoms with van der Waals surface area (Å²) in [6.07, 6.45) is 4.40. The van der Waals surface area contributed by atoms with Crippen molar-refractivity contribution in [2.75, 3.05) is 0 Å². The number of nitrogens with zero attached hydrogens (tertiary/aromatic N) is 2. The van der Waals surface area contributed by atoms with E-state index in [-0.39, 0.29) is 11.5 Å². The molecule has 1 aromatic carbocycles. The second kappa shape index (κ2) is 7.22. The molecule has 0 saturated heterocycles. The topological polar surface area (TPSA) is 105 Å². The molecule has 0 spiro atoms. The summed E-state index contributed by atoms with van der Waals surface area (Å²) < 4.78 is 5.59. The van der Waals surface area contributed by atoms with Crippen LogP contribution in [-0.2, 0) is 0 Å². The van der Waals surface area contributed by atoms with Crippen molar-refractivity contribution in [1.82, 2.24) is 10.4 Å². The van der Waals surface area contributed by atoms with Crippen molar-refractivity contribution in [3.8, 4) is 11.3 Å². The van der Waals surface area contributed by atoms with Crippen molar-refractivity contribution in [2.24, 2.45) is 5.10 Å². The van der Waals surface area contributed by atoms with E-state index in [9.17, 15) is 9.59 Å². The van der Waals surface area contributed by atoms with Crippen LogP contribution in [-0.4, -0.2) is 28.2 Å². The van der Waals surface area contributed by atoms with Crippen LogP contribution in [0.15, 0.2) is 70.4 Å². The Morgan fingerprint density at radius 1 is 1.08 bits per heavy atom. The molecule has 3 rings (SSSR count). The molecule has 0 atom stereocenters. The number of hydrogen-bond donors (Lipinski definition) is 2. The first-order chi connectivity index (χ1) is 12.1. The lowest BCUT2D eigenvalue weighted by Gasteiger charge is -1.99. The van der Waals surface area contributed by atoms with E-state index < -0.39 is 5.97 Å². The molecule has 2 aromatic heterocycles. The number of aromatic nitrogens is 1. The monoisotopic (exact) mass is 335 g/mol. The number of carboxylic acid groups (broad SMARTS) is 1. The van der Waals surface area contributed by atoms with Crippen LogP contribution in [0.3, 0.4) is 0 Å². The van der Waals surface area contributed by atoms with Gasteiger partial charge in [0.1, 0.15) is 11.5 Å². The predicted octanol–water partition coefficient (Wildman–Crippen LogP) is 2.80. The number of nitrogens with one attached hydrogen (secondary N) is 1. The summed E-state index contributed by atoms with van der Waals surface area (Å²) in [7, 11) is 0. The van der Waals surface area contributed by atoms with Gasteiger partial charge < -0.3 is 9.52 Å². The van der Waals surface area contributed by atoms with Gasteiger partial charge in [-0.15, -0.1) is 0 Å². The van der Waals surface area contributed by atoms with Crippen LogP contribution in [0, 0.1) is 0 Å². The maximum atomic E-state index is 11.8. The molecule has 0 aliphatic carbocycles. The average molecular weight is 335 g/mol. The van der Waals surface area contributed by atoms with Crippen molar-refractivity contribution >= 4 is 18.1 Å². The van der Waals surface area contributed by atoms with E-state index in [4.69, 9.17) is 9.52 Å². The van der Waals surface area contributed by atoms with Gasteiger partial charge in [0.15, 0.2) is 0 Å². The largest absolute Gasteiger partial charge is 0.478 e. The van der Waals surface area contributed by atoms with Crippen molar-refractivity contribution in [1.29, 1.82) is 0 Å². The number of furan rings is 1. The third kappa shape index (κ3) is 3.97. The molecular formula is C18H13N3O4. The maximum Gasteiger partial charge on any atom is 0.335 e. The standard InChI is InChI=1S/C18H13N3O4/c22-17(12-6-8-19-9-7-12)21-20-11-15-4-5-16(25-15)13-2-1-3-14(10-13)18(23)24/h1-11H,(H,21,22)(H,23,24)/b20-11+. The molecule has 0 bridgehead atoms. The SMILES string of the molecule is O=C(O)c1cccc(-c2ccc(/C=N/NC(=O)c3ccncc3)o2)c1. The summed E-state index contributed by atoms with van der Waals surface area (Å²) in [5.74, 6) is -0.440. The average Bonchev–Trinajstić information content (AvgIpc) is 3.11. The molecular weight excluding hydrogens is 322 g/mol. The fraction of sp³-hybridized carbons (Fsp3) is 0. The van der Waals surface area contributed by atoms with E-state index in [2.05, 4.69) is 15.5 Å². The van der Waals surface area contributed by atoms with E-state index in [1.165, 1.54) is 30.7 Å². The number of rotatable bonds is 5. The first kappa shape index (κ1) is 16.1. The van der Waals surface area contributed by atoms with Gasteiger partial charge in [0, 0.05) is 23.5 Å². The maximum absolute atomic E-state index is 11.8. The van der Waals surface area contributed by atoms with Crippen LogP contribution in [0.5, 0.6) is 0 Å². The number of pyridine rings is 1. The van der Waals surface area contributed by atoms with Crippen molar-refractivity contribution < 1.29 is 19.1 Å². The highest BCUT2D eigenvalue weighted by molar-refractivity contribution is 5.94. The van der Waals surface area contributed by atoms with Crippen molar-refractivity contribution in [3.05, 3.63) is 77.8 Å². The second-order valence-electron chi connectivity index (χ2n) is 5.02. The van der Waals surface area contributed by atoms with Gasteiger partial charge in [0.05, 0.1) is 11.8 Å². The first-order valence-corrected chi connectivity index (χ1v) is 7.30. The third-order valence-corrected chi connectivity index (χ3v) is 3.32. The Morgan fingerprint density at radius 3 is 2.64 bits per heavy atom. The lowest BCUT2D eigenvalue weighted by Crippen LogP contribution is -2.17. The molecule has 0 fully saturated rings. The lowest BCUT2D eigenvalue weighted by molar-refractivity contribution is 0.0696. The van der Waals surface area contributed by atoms with Gasteiger partial charge in [-0.05, 0) is 36.4 Å². The Morgan fingerprint density at radius 2 is 1.88 bits per heavy atom. The summed E-state index contributed by atoms with van der Waals surface area (Å²) in [5, 5.41) is 12.9. The number of carbonyl (C=O) groups is 2. The number of aromatic carboxylic acids is 1. The molecule has 0 radical (unpaired) electrons. The van der Waals surface area contributed by atoms with Crippen LogP contribution in [0.4, 0.5) is 0 Å². The van der Waals surface area contributed by atoms with Crippen molar-refractivity contribution in [2.45, 2.75) is 0 Å².